The van der Waals surface area contributed by atoms with Crippen molar-refractivity contribution in [1.82, 2.24) is 19.9 Å². The fraction of sp³-hybridized carbons (Fsp3) is 0.143. The third-order valence-corrected chi connectivity index (χ3v) is 6.04. The molecule has 0 radical (unpaired) electrons. The van der Waals surface area contributed by atoms with Gasteiger partial charge in [-0.1, -0.05) is 47.8 Å². The molecule has 166 valence electrons. The number of hydrogen-bond acceptors (Lipinski definition) is 9. The molecule has 0 aliphatic carbocycles. The first-order chi connectivity index (χ1) is 15.3. The average Bonchev–Trinajstić information content (AvgIpc) is 2.75. The molecule has 0 atom stereocenters. The van der Waals surface area contributed by atoms with Gasteiger partial charge in [0.15, 0.2) is 10.3 Å². The molecule has 5 N–H and O–H groups in total. The highest BCUT2D eigenvalue weighted by atomic mass is 32.2. The summed E-state index contributed by atoms with van der Waals surface area (Å²) in [6.45, 7) is 7.19. The van der Waals surface area contributed by atoms with E-state index in [4.69, 9.17) is 0 Å². The minimum atomic E-state index is -1.21. The van der Waals surface area contributed by atoms with Crippen molar-refractivity contribution >= 4 is 23.5 Å². The second-order valence-corrected chi connectivity index (χ2v) is 8.46. The molecule has 9 nitrogen and oxygen atoms in total. The number of nitrogens with zero attached hydrogens (tertiary/aromatic N) is 2. The second kappa shape index (κ2) is 10.2. The van der Waals surface area contributed by atoms with E-state index in [1.807, 2.05) is 0 Å². The minimum Gasteiger partial charge on any atom is -0.508 e. The molecule has 0 saturated carbocycles. The molecule has 0 aliphatic rings. The number of nitrogens with one attached hydrogen (secondary N) is 2. The third kappa shape index (κ3) is 5.06. The van der Waals surface area contributed by atoms with Crippen LogP contribution in [-0.2, 0) is 0 Å². The van der Waals surface area contributed by atoms with Crippen molar-refractivity contribution in [2.24, 2.45) is 0 Å². The standard InChI is InChI=1S/C21H20N4O5S2/c1-3-9-31-20-22-16(27)14(17(28)23-20)13(11-5-7-12(26)8-6-11)15-18(29)24-21(25-19(15)30)32-10-4-2/h3-8,13,26H,1-2,9-10H2,(H2,22,23,27,28)(H2,24,25,29,30). The predicted octanol–water partition coefficient (Wildman–Crippen LogP) is 2.71. The summed E-state index contributed by atoms with van der Waals surface area (Å²) in [7, 11) is 0. The zero-order valence-corrected chi connectivity index (χ0v) is 18.4. The number of thioether (sulfide) groups is 2. The molecule has 1 aromatic carbocycles. The lowest BCUT2D eigenvalue weighted by Crippen LogP contribution is -2.26. The van der Waals surface area contributed by atoms with Crippen LogP contribution in [0, 0.1) is 0 Å². The topological polar surface area (TPSA) is 152 Å². The van der Waals surface area contributed by atoms with Crippen molar-refractivity contribution in [2.75, 3.05) is 11.5 Å². The van der Waals surface area contributed by atoms with Gasteiger partial charge in [-0.25, -0.2) is 0 Å². The molecule has 32 heavy (non-hydrogen) atoms. The lowest BCUT2D eigenvalue weighted by atomic mass is 9.87. The van der Waals surface area contributed by atoms with Gasteiger partial charge in [0, 0.05) is 11.5 Å². The molecule has 3 rings (SSSR count). The maximum Gasteiger partial charge on any atom is 0.259 e. The number of phenols is 1. The molecule has 0 spiro atoms. The Bertz CT molecular complexity index is 1180. The van der Waals surface area contributed by atoms with E-state index in [2.05, 4.69) is 33.1 Å². The normalized spacial score (nSPS) is 10.9. The van der Waals surface area contributed by atoms with Crippen LogP contribution in [0.1, 0.15) is 22.6 Å². The van der Waals surface area contributed by atoms with Crippen molar-refractivity contribution in [3.05, 3.63) is 87.0 Å². The number of phenolic OH excluding ortho intramolecular Hbond substituents is 1. The van der Waals surface area contributed by atoms with Gasteiger partial charge in [-0.3, -0.25) is 9.59 Å². The van der Waals surface area contributed by atoms with E-state index >= 15 is 0 Å². The molecule has 2 heterocycles. The Morgan fingerprint density at radius 1 is 0.844 bits per heavy atom. The number of aromatic hydroxyl groups is 3. The maximum atomic E-state index is 12.9. The molecule has 0 fully saturated rings. The predicted molar refractivity (Wildman–Crippen MR) is 124 cm³/mol. The Hall–Kier alpha value is -3.44. The highest BCUT2D eigenvalue weighted by Gasteiger charge is 2.31. The lowest BCUT2D eigenvalue weighted by molar-refractivity contribution is 0.424. The summed E-state index contributed by atoms with van der Waals surface area (Å²) in [5.74, 6) is -1.52. The van der Waals surface area contributed by atoms with Gasteiger partial charge >= 0.3 is 0 Å². The van der Waals surface area contributed by atoms with Gasteiger partial charge in [0.05, 0.1) is 17.0 Å². The Morgan fingerprint density at radius 3 is 1.66 bits per heavy atom. The Balaban J connectivity index is 2.23. The lowest BCUT2D eigenvalue weighted by Gasteiger charge is -2.19. The Kier molecular flexibility index (Phi) is 7.44. The maximum absolute atomic E-state index is 12.9. The first-order valence-corrected chi connectivity index (χ1v) is 11.3. The highest BCUT2D eigenvalue weighted by molar-refractivity contribution is 7.99. The fourth-order valence-corrected chi connectivity index (χ4v) is 4.16. The van der Waals surface area contributed by atoms with Crippen LogP contribution in [0.2, 0.25) is 0 Å². The van der Waals surface area contributed by atoms with Gasteiger partial charge < -0.3 is 25.3 Å². The van der Waals surface area contributed by atoms with Crippen LogP contribution in [-0.4, -0.2) is 46.8 Å². The summed E-state index contributed by atoms with van der Waals surface area (Å²) in [6, 6.07) is 5.67. The van der Waals surface area contributed by atoms with Crippen molar-refractivity contribution in [3.8, 4) is 17.5 Å². The molecule has 0 amide bonds. The number of benzene rings is 1. The first kappa shape index (κ1) is 23.2. The first-order valence-electron chi connectivity index (χ1n) is 9.28. The van der Waals surface area contributed by atoms with Crippen molar-refractivity contribution in [1.29, 1.82) is 0 Å². The smallest absolute Gasteiger partial charge is 0.259 e. The second-order valence-electron chi connectivity index (χ2n) is 6.44. The fourth-order valence-electron chi connectivity index (χ4n) is 2.98. The number of hydrogen-bond donors (Lipinski definition) is 5. The van der Waals surface area contributed by atoms with Gasteiger partial charge in [0.2, 0.25) is 11.8 Å². The number of aromatic amines is 2. The molecule has 0 saturated heterocycles. The number of rotatable bonds is 9. The molecule has 11 heteroatoms. The van der Waals surface area contributed by atoms with Gasteiger partial charge in [0.1, 0.15) is 5.75 Å². The van der Waals surface area contributed by atoms with E-state index in [0.717, 1.165) is 23.5 Å². The van der Waals surface area contributed by atoms with Gasteiger partial charge in [-0.05, 0) is 17.7 Å². The SMILES string of the molecule is C=CCSc1nc(O)c(C(c2ccc(O)cc2)c2c(O)nc(SCC=C)[nH]c2=O)c(=O)[nH]1. The Morgan fingerprint density at radius 2 is 1.28 bits per heavy atom. The monoisotopic (exact) mass is 472 g/mol. The van der Waals surface area contributed by atoms with E-state index in [1.165, 1.54) is 24.3 Å². The van der Waals surface area contributed by atoms with Crippen LogP contribution in [0.25, 0.3) is 0 Å². The summed E-state index contributed by atoms with van der Waals surface area (Å²) >= 11 is 2.32. The minimum absolute atomic E-state index is 0.0349. The molecule has 3 aromatic rings. The van der Waals surface area contributed by atoms with Gasteiger partial charge in [-0.15, -0.1) is 13.2 Å². The summed E-state index contributed by atoms with van der Waals surface area (Å²) in [5.41, 5.74) is -1.51. The van der Waals surface area contributed by atoms with Crippen LogP contribution in [0.3, 0.4) is 0 Å². The molecule has 0 aliphatic heterocycles. The van der Waals surface area contributed by atoms with E-state index in [9.17, 15) is 24.9 Å². The van der Waals surface area contributed by atoms with E-state index in [-0.39, 0.29) is 27.2 Å². The van der Waals surface area contributed by atoms with Crippen LogP contribution in [0.4, 0.5) is 0 Å². The quantitative estimate of drug-likeness (QED) is 0.180. The summed E-state index contributed by atoms with van der Waals surface area (Å²) < 4.78 is 0. The summed E-state index contributed by atoms with van der Waals surface area (Å²) in [4.78, 5) is 39.0. The zero-order chi connectivity index (χ0) is 23.3. The van der Waals surface area contributed by atoms with Crippen LogP contribution in [0.5, 0.6) is 17.5 Å². The highest BCUT2D eigenvalue weighted by Crippen LogP contribution is 2.36. The number of H-pyrrole nitrogens is 2. The number of aromatic nitrogens is 4. The van der Waals surface area contributed by atoms with E-state index in [1.54, 1.807) is 12.2 Å². The van der Waals surface area contributed by atoms with Crippen LogP contribution in [0.15, 0.2) is 69.5 Å². The van der Waals surface area contributed by atoms with Crippen molar-refractivity contribution in [2.45, 2.75) is 16.2 Å². The molecule has 0 unspecified atom stereocenters. The molecular weight excluding hydrogens is 452 g/mol. The molecular formula is C21H20N4O5S2. The van der Waals surface area contributed by atoms with Gasteiger partial charge in [-0.2, -0.15) is 9.97 Å². The molecule has 0 bridgehead atoms. The van der Waals surface area contributed by atoms with Crippen LogP contribution >= 0.6 is 23.5 Å². The third-order valence-electron chi connectivity index (χ3n) is 4.31. The van der Waals surface area contributed by atoms with E-state index < -0.39 is 28.8 Å². The molecule has 2 aromatic heterocycles. The summed E-state index contributed by atoms with van der Waals surface area (Å²) in [6.07, 6.45) is 3.23. The zero-order valence-electron chi connectivity index (χ0n) is 16.7. The van der Waals surface area contributed by atoms with E-state index in [0.29, 0.717) is 17.1 Å². The summed E-state index contributed by atoms with van der Waals surface area (Å²) in [5, 5.41) is 31.2. The van der Waals surface area contributed by atoms with Gasteiger partial charge in [0.25, 0.3) is 11.1 Å². The van der Waals surface area contributed by atoms with Crippen molar-refractivity contribution < 1.29 is 15.3 Å². The Labute approximate surface area is 191 Å². The largest absolute Gasteiger partial charge is 0.508 e. The average molecular weight is 473 g/mol. The van der Waals surface area contributed by atoms with Crippen LogP contribution < -0.4 is 11.1 Å². The van der Waals surface area contributed by atoms with Crippen molar-refractivity contribution in [3.63, 3.8) is 0 Å².